The van der Waals surface area contributed by atoms with Crippen molar-refractivity contribution in [1.82, 2.24) is 0 Å². The fraction of sp³-hybridized carbons (Fsp3) is 0.350. The van der Waals surface area contributed by atoms with Gasteiger partial charge in [0, 0.05) is 12.0 Å². The molecule has 122 valence electrons. The maximum Gasteiger partial charge on any atom is 0.307 e. The molecule has 3 nitrogen and oxygen atoms in total. The third-order valence-corrected chi connectivity index (χ3v) is 4.01. The van der Waals surface area contributed by atoms with Crippen LogP contribution in [0.3, 0.4) is 0 Å². The summed E-state index contributed by atoms with van der Waals surface area (Å²) < 4.78 is 0. The van der Waals surface area contributed by atoms with E-state index in [1.165, 1.54) is 0 Å². The van der Waals surface area contributed by atoms with Crippen LogP contribution in [0.1, 0.15) is 48.4 Å². The van der Waals surface area contributed by atoms with E-state index in [4.69, 9.17) is 0 Å². The Labute approximate surface area is 137 Å². The highest BCUT2D eigenvalue weighted by molar-refractivity contribution is 5.71. The van der Waals surface area contributed by atoms with Crippen molar-refractivity contribution in [2.75, 3.05) is 0 Å². The van der Waals surface area contributed by atoms with E-state index >= 15 is 0 Å². The summed E-state index contributed by atoms with van der Waals surface area (Å²) in [4.78, 5) is 11.2. The van der Waals surface area contributed by atoms with Crippen molar-refractivity contribution >= 4 is 5.97 Å². The maximum atomic E-state index is 11.2. The molecule has 0 saturated heterocycles. The average molecular weight is 312 g/mol. The lowest BCUT2D eigenvalue weighted by molar-refractivity contribution is -0.136. The zero-order valence-electron chi connectivity index (χ0n) is 13.6. The summed E-state index contributed by atoms with van der Waals surface area (Å²) in [5, 5.41) is 19.6. The molecule has 0 amide bonds. The highest BCUT2D eigenvalue weighted by atomic mass is 16.4. The van der Waals surface area contributed by atoms with Crippen LogP contribution in [-0.4, -0.2) is 16.2 Å². The van der Waals surface area contributed by atoms with Crippen molar-refractivity contribution in [1.29, 1.82) is 0 Å². The van der Waals surface area contributed by atoms with Crippen molar-refractivity contribution in [2.45, 2.75) is 45.4 Å². The molecule has 0 heterocycles. The average Bonchev–Trinajstić information content (AvgIpc) is 2.51. The van der Waals surface area contributed by atoms with Gasteiger partial charge in [-0.3, -0.25) is 4.79 Å². The van der Waals surface area contributed by atoms with Gasteiger partial charge >= 0.3 is 5.97 Å². The monoisotopic (exact) mass is 312 g/mol. The summed E-state index contributed by atoms with van der Waals surface area (Å²) in [6.45, 7) is 2.15. The van der Waals surface area contributed by atoms with Gasteiger partial charge in [-0.05, 0) is 35.6 Å². The van der Waals surface area contributed by atoms with Crippen LogP contribution in [0.15, 0.2) is 42.5 Å². The minimum Gasteiger partial charge on any atom is -0.508 e. The second kappa shape index (κ2) is 8.37. The Balaban J connectivity index is 2.29. The normalized spacial score (nSPS) is 10.7. The molecule has 2 aromatic rings. The van der Waals surface area contributed by atoms with Crippen LogP contribution in [0, 0.1) is 0 Å². The molecule has 0 saturated carbocycles. The molecule has 0 aromatic heterocycles. The predicted octanol–water partition coefficient (Wildman–Crippen LogP) is 4.34. The highest BCUT2D eigenvalue weighted by Crippen LogP contribution is 2.28. The van der Waals surface area contributed by atoms with Crippen molar-refractivity contribution in [3.05, 3.63) is 64.7 Å². The summed E-state index contributed by atoms with van der Waals surface area (Å²) >= 11 is 0. The smallest absolute Gasteiger partial charge is 0.307 e. The number of rotatable bonds is 8. The van der Waals surface area contributed by atoms with E-state index < -0.39 is 5.97 Å². The van der Waals surface area contributed by atoms with Crippen LogP contribution in [0.25, 0.3) is 0 Å². The van der Waals surface area contributed by atoms with E-state index in [2.05, 4.69) is 6.92 Å². The second-order valence-corrected chi connectivity index (χ2v) is 5.94. The number of unbranched alkanes of at least 4 members (excludes halogenated alkanes) is 2. The van der Waals surface area contributed by atoms with Crippen LogP contribution in [0.5, 0.6) is 5.75 Å². The zero-order chi connectivity index (χ0) is 16.7. The second-order valence-electron chi connectivity index (χ2n) is 5.94. The maximum absolute atomic E-state index is 11.2. The molecule has 0 aliphatic heterocycles. The van der Waals surface area contributed by atoms with Gasteiger partial charge in [-0.15, -0.1) is 0 Å². The summed E-state index contributed by atoms with van der Waals surface area (Å²) in [5.41, 5.74) is 3.52. The van der Waals surface area contributed by atoms with Crippen LogP contribution >= 0.6 is 0 Å². The molecule has 0 aliphatic carbocycles. The van der Waals surface area contributed by atoms with E-state index in [1.54, 1.807) is 6.07 Å². The largest absolute Gasteiger partial charge is 0.508 e. The molecular weight excluding hydrogens is 288 g/mol. The minimum atomic E-state index is -0.871. The van der Waals surface area contributed by atoms with E-state index in [9.17, 15) is 15.0 Å². The lowest BCUT2D eigenvalue weighted by Crippen LogP contribution is -2.06. The SMILES string of the molecule is CCCCCc1cc(O)c(Cc2ccccc2)c(CC(=O)O)c1. The Morgan fingerprint density at radius 1 is 1.04 bits per heavy atom. The molecule has 0 radical (unpaired) electrons. The molecule has 0 fully saturated rings. The quantitative estimate of drug-likeness (QED) is 0.713. The summed E-state index contributed by atoms with van der Waals surface area (Å²) in [6.07, 6.45) is 4.70. The van der Waals surface area contributed by atoms with Crippen LogP contribution in [-0.2, 0) is 24.1 Å². The first-order chi connectivity index (χ1) is 11.1. The first-order valence-corrected chi connectivity index (χ1v) is 8.19. The number of phenolic OH excluding ortho intramolecular Hbond substituents is 1. The minimum absolute atomic E-state index is 0.0582. The van der Waals surface area contributed by atoms with Gasteiger partial charge in [0.15, 0.2) is 0 Å². The Morgan fingerprint density at radius 2 is 1.78 bits per heavy atom. The van der Waals surface area contributed by atoms with Crippen molar-refractivity contribution in [3.63, 3.8) is 0 Å². The number of hydrogen-bond donors (Lipinski definition) is 2. The molecule has 0 unspecified atom stereocenters. The number of hydrogen-bond acceptors (Lipinski definition) is 2. The summed E-state index contributed by atoms with van der Waals surface area (Å²) in [7, 11) is 0. The Kier molecular flexibility index (Phi) is 6.21. The fourth-order valence-electron chi connectivity index (χ4n) is 2.83. The predicted molar refractivity (Wildman–Crippen MR) is 91.9 cm³/mol. The molecule has 0 spiro atoms. The van der Waals surface area contributed by atoms with Gasteiger partial charge in [-0.1, -0.05) is 56.2 Å². The molecule has 2 N–H and O–H groups in total. The van der Waals surface area contributed by atoms with Gasteiger partial charge in [0.05, 0.1) is 6.42 Å². The van der Waals surface area contributed by atoms with E-state index in [-0.39, 0.29) is 12.2 Å². The molecule has 0 atom stereocenters. The van der Waals surface area contributed by atoms with Gasteiger partial charge in [0.1, 0.15) is 5.75 Å². The van der Waals surface area contributed by atoms with Crippen molar-refractivity contribution in [3.8, 4) is 5.75 Å². The van der Waals surface area contributed by atoms with Crippen molar-refractivity contribution < 1.29 is 15.0 Å². The third-order valence-electron chi connectivity index (χ3n) is 4.01. The van der Waals surface area contributed by atoms with E-state index in [0.717, 1.165) is 42.4 Å². The highest BCUT2D eigenvalue weighted by Gasteiger charge is 2.14. The number of aromatic hydroxyl groups is 1. The Bertz CT molecular complexity index is 647. The first-order valence-electron chi connectivity index (χ1n) is 8.19. The lowest BCUT2D eigenvalue weighted by atomic mass is 9.93. The third kappa shape index (κ3) is 5.13. The number of phenols is 1. The molecule has 0 bridgehead atoms. The van der Waals surface area contributed by atoms with Crippen LogP contribution < -0.4 is 0 Å². The van der Waals surface area contributed by atoms with Crippen LogP contribution in [0.4, 0.5) is 0 Å². The fourth-order valence-corrected chi connectivity index (χ4v) is 2.83. The standard InChI is InChI=1S/C20H24O3/c1-2-3-5-10-16-11-17(14-20(22)23)18(19(21)13-16)12-15-8-6-4-7-9-15/h4,6-9,11,13,21H,2-3,5,10,12,14H2,1H3,(H,22,23). The number of aryl methyl sites for hydroxylation is 1. The number of carbonyl (C=O) groups is 1. The molecular formula is C20H24O3. The van der Waals surface area contributed by atoms with Gasteiger partial charge in [-0.2, -0.15) is 0 Å². The lowest BCUT2D eigenvalue weighted by Gasteiger charge is -2.13. The number of aliphatic carboxylic acids is 1. The van der Waals surface area contributed by atoms with Gasteiger partial charge in [0.25, 0.3) is 0 Å². The molecule has 0 aliphatic rings. The van der Waals surface area contributed by atoms with Gasteiger partial charge in [-0.25, -0.2) is 0 Å². The molecule has 23 heavy (non-hydrogen) atoms. The Morgan fingerprint density at radius 3 is 2.43 bits per heavy atom. The van der Waals surface area contributed by atoms with Gasteiger partial charge in [0.2, 0.25) is 0 Å². The topological polar surface area (TPSA) is 57.5 Å². The zero-order valence-corrected chi connectivity index (χ0v) is 13.6. The Hall–Kier alpha value is -2.29. The van der Waals surface area contributed by atoms with Crippen LogP contribution in [0.2, 0.25) is 0 Å². The molecule has 2 aromatic carbocycles. The summed E-state index contributed by atoms with van der Waals surface area (Å²) in [6, 6.07) is 13.5. The van der Waals surface area contributed by atoms with E-state index in [1.807, 2.05) is 36.4 Å². The molecule has 2 rings (SSSR count). The summed E-state index contributed by atoms with van der Waals surface area (Å²) in [5.74, 6) is -0.663. The van der Waals surface area contributed by atoms with Gasteiger partial charge < -0.3 is 10.2 Å². The van der Waals surface area contributed by atoms with Crippen molar-refractivity contribution in [2.24, 2.45) is 0 Å². The number of carboxylic acids is 1. The number of benzene rings is 2. The first kappa shape index (κ1) is 17.1. The number of carboxylic acid groups (broad SMARTS) is 1. The molecule has 3 heteroatoms. The van der Waals surface area contributed by atoms with E-state index in [0.29, 0.717) is 12.0 Å².